The Morgan fingerprint density at radius 1 is 1.25 bits per heavy atom. The Balaban J connectivity index is 1.56. The normalized spacial score (nSPS) is 16.4. The minimum Gasteiger partial charge on any atom is -0.378 e. The fraction of sp³-hybridized carbons (Fsp3) is 0.364. The highest BCUT2D eigenvalue weighted by atomic mass is 19.3. The van der Waals surface area contributed by atoms with Crippen molar-refractivity contribution in [2.24, 2.45) is 0 Å². The molecule has 1 atom stereocenters. The first-order valence-corrected chi connectivity index (χ1v) is 10.2. The molecule has 1 aromatic carbocycles. The summed E-state index contributed by atoms with van der Waals surface area (Å²) in [5.41, 5.74) is 4.00. The molecule has 168 valence electrons. The van der Waals surface area contributed by atoms with Crippen LogP contribution in [-0.2, 0) is 9.53 Å². The lowest BCUT2D eigenvalue weighted by Gasteiger charge is -2.32. The summed E-state index contributed by atoms with van der Waals surface area (Å²) in [5, 5.41) is 3.21. The minimum atomic E-state index is -3.02. The Morgan fingerprint density at radius 3 is 2.72 bits per heavy atom. The molecule has 4 rings (SSSR count). The molecule has 0 aliphatic carbocycles. The van der Waals surface area contributed by atoms with E-state index in [1.807, 2.05) is 49.3 Å². The van der Waals surface area contributed by atoms with E-state index in [9.17, 15) is 13.6 Å². The van der Waals surface area contributed by atoms with Gasteiger partial charge in [0.2, 0.25) is 0 Å². The zero-order chi connectivity index (χ0) is 22.7. The van der Waals surface area contributed by atoms with Crippen LogP contribution < -0.4 is 10.2 Å². The molecule has 0 unspecified atom stereocenters. The molecule has 1 aliphatic heterocycles. The van der Waals surface area contributed by atoms with E-state index in [0.29, 0.717) is 16.9 Å². The molecule has 1 N–H and O–H groups in total. The van der Waals surface area contributed by atoms with Crippen molar-refractivity contribution < 1.29 is 18.3 Å². The molecule has 3 aromatic rings. The van der Waals surface area contributed by atoms with Crippen molar-refractivity contribution in [3.05, 3.63) is 42.7 Å². The zero-order valence-electron chi connectivity index (χ0n) is 17.8. The second kappa shape index (κ2) is 9.39. The Kier molecular flexibility index (Phi) is 6.40. The molecular formula is C22H24F2N6O2. The number of amides is 1. The van der Waals surface area contributed by atoms with Gasteiger partial charge in [-0.25, -0.2) is 9.97 Å². The van der Waals surface area contributed by atoms with Crippen LogP contribution >= 0.6 is 0 Å². The number of hydrogen-bond donors (Lipinski definition) is 1. The van der Waals surface area contributed by atoms with Crippen LogP contribution in [0.3, 0.4) is 0 Å². The molecule has 1 amide bonds. The van der Waals surface area contributed by atoms with Gasteiger partial charge in [0, 0.05) is 57.4 Å². The van der Waals surface area contributed by atoms with Crippen molar-refractivity contribution in [2.45, 2.75) is 12.5 Å². The number of carbonyl (C=O) groups excluding carboxylic acids is 1. The molecule has 8 nitrogen and oxygen atoms in total. The second-order valence-corrected chi connectivity index (χ2v) is 7.68. The van der Waals surface area contributed by atoms with Crippen molar-refractivity contribution in [3.63, 3.8) is 0 Å². The van der Waals surface area contributed by atoms with E-state index in [1.165, 1.54) is 0 Å². The number of aromatic nitrogens is 3. The first-order chi connectivity index (χ1) is 15.4. The van der Waals surface area contributed by atoms with E-state index in [4.69, 9.17) is 9.72 Å². The van der Waals surface area contributed by atoms with Gasteiger partial charge in [-0.1, -0.05) is 12.1 Å². The van der Waals surface area contributed by atoms with Gasteiger partial charge in [0.15, 0.2) is 5.82 Å². The van der Waals surface area contributed by atoms with Crippen molar-refractivity contribution in [3.8, 4) is 11.3 Å². The van der Waals surface area contributed by atoms with E-state index in [1.54, 1.807) is 12.4 Å². The van der Waals surface area contributed by atoms with Gasteiger partial charge >= 0.3 is 6.43 Å². The predicted octanol–water partition coefficient (Wildman–Crippen LogP) is 2.66. The van der Waals surface area contributed by atoms with E-state index >= 15 is 0 Å². The van der Waals surface area contributed by atoms with Gasteiger partial charge in [-0.05, 0) is 18.2 Å². The fourth-order valence-electron chi connectivity index (χ4n) is 3.57. The van der Waals surface area contributed by atoms with Gasteiger partial charge in [0.25, 0.3) is 5.91 Å². The third-order valence-electron chi connectivity index (χ3n) is 5.27. The van der Waals surface area contributed by atoms with Gasteiger partial charge < -0.3 is 19.9 Å². The van der Waals surface area contributed by atoms with Crippen molar-refractivity contribution in [1.29, 1.82) is 0 Å². The number of hydrogen-bond acceptors (Lipinski definition) is 7. The van der Waals surface area contributed by atoms with E-state index in [-0.39, 0.29) is 26.2 Å². The maximum atomic E-state index is 12.8. The highest BCUT2D eigenvalue weighted by Crippen LogP contribution is 2.27. The van der Waals surface area contributed by atoms with E-state index < -0.39 is 18.4 Å². The number of benzene rings is 1. The monoisotopic (exact) mass is 442 g/mol. The molecule has 32 heavy (non-hydrogen) atoms. The number of morpholine rings is 1. The number of nitrogens with one attached hydrogen (secondary N) is 1. The number of halogens is 2. The highest BCUT2D eigenvalue weighted by Gasteiger charge is 2.29. The van der Waals surface area contributed by atoms with Crippen LogP contribution in [0.25, 0.3) is 22.3 Å². The Labute approximate surface area is 184 Å². The first-order valence-electron chi connectivity index (χ1n) is 10.2. The highest BCUT2D eigenvalue weighted by molar-refractivity contribution is 5.88. The maximum absolute atomic E-state index is 12.8. The smallest absolute Gasteiger partial charge is 0.315 e. The van der Waals surface area contributed by atoms with E-state index in [0.717, 1.165) is 21.8 Å². The van der Waals surface area contributed by atoms with E-state index in [2.05, 4.69) is 15.3 Å². The van der Waals surface area contributed by atoms with Crippen LogP contribution in [0.15, 0.2) is 42.7 Å². The summed E-state index contributed by atoms with van der Waals surface area (Å²) in [6, 6.07) is 9.87. The van der Waals surface area contributed by atoms with Crippen LogP contribution in [0.2, 0.25) is 0 Å². The summed E-state index contributed by atoms with van der Waals surface area (Å²) in [5.74, 6) is -0.654. The molecule has 0 radical (unpaired) electrons. The lowest BCUT2D eigenvalue weighted by molar-refractivity contribution is -0.149. The fourth-order valence-corrected chi connectivity index (χ4v) is 3.57. The molecule has 1 fully saturated rings. The molecule has 1 aliphatic rings. The largest absolute Gasteiger partial charge is 0.378 e. The average Bonchev–Trinajstić information content (AvgIpc) is 2.82. The predicted molar refractivity (Wildman–Crippen MR) is 118 cm³/mol. The lowest BCUT2D eigenvalue weighted by atomic mass is 10.1. The molecular weight excluding hydrogens is 418 g/mol. The third kappa shape index (κ3) is 4.75. The summed E-state index contributed by atoms with van der Waals surface area (Å²) in [7, 11) is 3.95. The van der Waals surface area contributed by atoms with Crippen LogP contribution in [0.4, 0.5) is 20.3 Å². The molecule has 3 heterocycles. The number of pyridine rings is 1. The standard InChI is InChI=1S/C22H24F2N6O2/c1-29(2)15-5-3-14(4-6-15)17-11-18-19(26-8-7-25-18)21(28-17)27-12-16-13-30(9-10-32-16)22(31)20(23)24/h3-8,11,16,20H,9-10,12-13H2,1-2H3,(H,27,28)/t16-/m1/s1. The summed E-state index contributed by atoms with van der Waals surface area (Å²) in [6.45, 7) is 0.738. The summed E-state index contributed by atoms with van der Waals surface area (Å²) in [6.07, 6.45) is -0.259. The van der Waals surface area contributed by atoms with Gasteiger partial charge in [-0.3, -0.25) is 9.78 Å². The van der Waals surface area contributed by atoms with Gasteiger partial charge in [-0.15, -0.1) is 0 Å². The summed E-state index contributed by atoms with van der Waals surface area (Å²) in [4.78, 5) is 28.3. The second-order valence-electron chi connectivity index (χ2n) is 7.68. The molecule has 2 aromatic heterocycles. The number of alkyl halides is 2. The number of fused-ring (bicyclic) bond motifs is 1. The van der Waals surface area contributed by atoms with Gasteiger partial charge in [0.05, 0.1) is 23.9 Å². The molecule has 0 bridgehead atoms. The zero-order valence-corrected chi connectivity index (χ0v) is 17.8. The molecule has 1 saturated heterocycles. The van der Waals surface area contributed by atoms with Gasteiger partial charge in [0.1, 0.15) is 5.52 Å². The van der Waals surface area contributed by atoms with Crippen molar-refractivity contribution in [1.82, 2.24) is 19.9 Å². The molecule has 0 spiro atoms. The SMILES string of the molecule is CN(C)c1ccc(-c2cc3nccnc3c(NC[C@@H]3CN(C(=O)C(F)F)CCO3)n2)cc1. The lowest BCUT2D eigenvalue weighted by Crippen LogP contribution is -2.49. The quantitative estimate of drug-likeness (QED) is 0.628. The Morgan fingerprint density at radius 2 is 2.00 bits per heavy atom. The number of nitrogens with zero attached hydrogens (tertiary/aromatic N) is 5. The van der Waals surface area contributed by atoms with Crippen LogP contribution in [0.5, 0.6) is 0 Å². The summed E-state index contributed by atoms with van der Waals surface area (Å²) >= 11 is 0. The molecule has 10 heteroatoms. The van der Waals surface area contributed by atoms with Crippen molar-refractivity contribution in [2.75, 3.05) is 50.6 Å². The molecule has 0 saturated carbocycles. The topological polar surface area (TPSA) is 83.5 Å². The third-order valence-corrected chi connectivity index (χ3v) is 5.27. The number of carbonyl (C=O) groups is 1. The number of ether oxygens (including phenoxy) is 1. The minimum absolute atomic E-state index is 0.0888. The first kappa shape index (κ1) is 21.8. The number of rotatable bonds is 6. The average molecular weight is 442 g/mol. The Bertz CT molecular complexity index is 1090. The van der Waals surface area contributed by atoms with Crippen LogP contribution in [-0.4, -0.2) is 78.6 Å². The summed E-state index contributed by atoms with van der Waals surface area (Å²) < 4.78 is 31.2. The van der Waals surface area contributed by atoms with Crippen LogP contribution in [0, 0.1) is 0 Å². The van der Waals surface area contributed by atoms with Gasteiger partial charge in [-0.2, -0.15) is 8.78 Å². The van der Waals surface area contributed by atoms with Crippen molar-refractivity contribution >= 4 is 28.4 Å². The number of anilines is 2. The Hall–Kier alpha value is -3.40. The maximum Gasteiger partial charge on any atom is 0.315 e. The van der Waals surface area contributed by atoms with Crippen LogP contribution in [0.1, 0.15) is 0 Å².